The number of hydrogen-bond acceptors (Lipinski definition) is 4. The van der Waals surface area contributed by atoms with Gasteiger partial charge in [0.05, 0.1) is 16.2 Å². The molecule has 5 nitrogen and oxygen atoms in total. The first-order valence-electron chi connectivity index (χ1n) is 8.54. The second-order valence-corrected chi connectivity index (χ2v) is 7.07. The summed E-state index contributed by atoms with van der Waals surface area (Å²) in [4.78, 5) is 0. The van der Waals surface area contributed by atoms with E-state index < -0.39 is 29.4 Å². The summed E-state index contributed by atoms with van der Waals surface area (Å²) in [6.45, 7) is 0.521. The molecule has 2 heterocycles. The lowest BCUT2D eigenvalue weighted by molar-refractivity contribution is -0.0369. The van der Waals surface area contributed by atoms with Crippen molar-refractivity contribution in [3.05, 3.63) is 51.9 Å². The van der Waals surface area contributed by atoms with Gasteiger partial charge in [0.15, 0.2) is 29.4 Å². The normalized spacial score (nSPS) is 16.9. The van der Waals surface area contributed by atoms with Crippen molar-refractivity contribution in [2.24, 2.45) is 0 Å². The quantitative estimate of drug-likeness (QED) is 0.487. The number of aromatic nitrogens is 2. The van der Waals surface area contributed by atoms with Crippen LogP contribution in [0, 0.1) is 28.8 Å². The van der Waals surface area contributed by atoms with Crippen LogP contribution >= 0.6 is 15.9 Å². The second kappa shape index (κ2) is 7.45. The lowest BCUT2D eigenvalue weighted by atomic mass is 10.1. The highest BCUT2D eigenvalue weighted by Crippen LogP contribution is 2.42. The van der Waals surface area contributed by atoms with Gasteiger partial charge in [0, 0.05) is 12.0 Å². The zero-order valence-corrected chi connectivity index (χ0v) is 16.0. The molecule has 0 amide bonds. The molecule has 1 unspecified atom stereocenters. The van der Waals surface area contributed by atoms with Gasteiger partial charge in [-0.1, -0.05) is 6.07 Å². The van der Waals surface area contributed by atoms with Crippen molar-refractivity contribution in [2.75, 3.05) is 6.61 Å². The number of hydrogen-bond donors (Lipinski definition) is 0. The summed E-state index contributed by atoms with van der Waals surface area (Å²) in [6, 6.07) is 5.54. The molecule has 1 aliphatic rings. The Bertz CT molecular complexity index is 1100. The van der Waals surface area contributed by atoms with Crippen LogP contribution in [0.3, 0.4) is 0 Å². The smallest absolute Gasteiger partial charge is 0.204 e. The van der Waals surface area contributed by atoms with Crippen molar-refractivity contribution in [3.63, 3.8) is 0 Å². The summed E-state index contributed by atoms with van der Waals surface area (Å²) in [6.07, 6.45) is 3.33. The summed E-state index contributed by atoms with van der Waals surface area (Å²) < 4.78 is 56.3. The Kier molecular flexibility index (Phi) is 5.00. The first-order valence-corrected chi connectivity index (χ1v) is 9.34. The summed E-state index contributed by atoms with van der Waals surface area (Å²) in [7, 11) is 0. The molecule has 3 aromatic rings. The van der Waals surface area contributed by atoms with Gasteiger partial charge in [0.25, 0.3) is 0 Å². The minimum atomic E-state index is -1.29. The van der Waals surface area contributed by atoms with E-state index in [0.717, 1.165) is 12.8 Å². The summed E-state index contributed by atoms with van der Waals surface area (Å²) in [5, 5.41) is 13.3. The van der Waals surface area contributed by atoms with Gasteiger partial charge >= 0.3 is 0 Å². The van der Waals surface area contributed by atoms with E-state index in [1.54, 1.807) is 6.07 Å². The van der Waals surface area contributed by atoms with Crippen molar-refractivity contribution in [1.82, 2.24) is 9.78 Å². The van der Waals surface area contributed by atoms with Gasteiger partial charge in [-0.25, -0.2) is 13.5 Å². The summed E-state index contributed by atoms with van der Waals surface area (Å²) >= 11 is 3.21. The fourth-order valence-corrected chi connectivity index (χ4v) is 3.72. The van der Waals surface area contributed by atoms with E-state index in [1.807, 2.05) is 0 Å². The van der Waals surface area contributed by atoms with Gasteiger partial charge in [-0.2, -0.15) is 14.8 Å². The van der Waals surface area contributed by atoms with Gasteiger partial charge < -0.3 is 9.47 Å². The highest BCUT2D eigenvalue weighted by molar-refractivity contribution is 9.10. The molecule has 4 rings (SSSR count). The topological polar surface area (TPSA) is 60.1 Å². The van der Waals surface area contributed by atoms with Gasteiger partial charge in [-0.15, -0.1) is 0 Å². The maximum Gasteiger partial charge on any atom is 0.204 e. The van der Waals surface area contributed by atoms with Crippen LogP contribution in [0.2, 0.25) is 0 Å². The lowest BCUT2D eigenvalue weighted by Crippen LogP contribution is -2.19. The number of nitriles is 1. The maximum absolute atomic E-state index is 14.9. The fraction of sp³-hybridized carbons (Fsp3) is 0.263. The number of benzene rings is 2. The average Bonchev–Trinajstić information content (AvgIpc) is 3.17. The number of fused-ring (bicyclic) bond motifs is 1. The van der Waals surface area contributed by atoms with Gasteiger partial charge in [-0.05, 0) is 47.3 Å². The van der Waals surface area contributed by atoms with E-state index in [9.17, 15) is 13.2 Å². The number of nitrogens with zero attached hydrogens (tertiary/aromatic N) is 3. The second-order valence-electron chi connectivity index (χ2n) is 6.28. The van der Waals surface area contributed by atoms with Crippen molar-refractivity contribution in [3.8, 4) is 17.6 Å². The van der Waals surface area contributed by atoms with Crippen LogP contribution in [0.15, 0.2) is 28.9 Å². The standard InChI is InChI=1S/C19H13BrF3N3O2/c20-14-11-9-25-26(13-6-1-2-7-27-13)18(11)16(22)17(23)19(14)28-12-5-3-4-10(8-24)15(12)21/h3-5,9,13H,1-2,6-7H2. The highest BCUT2D eigenvalue weighted by atomic mass is 79.9. The summed E-state index contributed by atoms with van der Waals surface area (Å²) in [5.41, 5.74) is -0.326. The lowest BCUT2D eigenvalue weighted by Gasteiger charge is -2.23. The largest absolute Gasteiger partial charge is 0.450 e. The van der Waals surface area contributed by atoms with Crippen LogP contribution in [0.25, 0.3) is 10.9 Å². The van der Waals surface area contributed by atoms with E-state index >= 15 is 0 Å². The van der Waals surface area contributed by atoms with E-state index in [-0.39, 0.29) is 26.7 Å². The van der Waals surface area contributed by atoms with Crippen LogP contribution in [0.4, 0.5) is 13.2 Å². The fourth-order valence-electron chi connectivity index (χ4n) is 3.17. The number of ether oxygens (including phenoxy) is 2. The Balaban J connectivity index is 1.82. The highest BCUT2D eigenvalue weighted by Gasteiger charge is 2.28. The average molecular weight is 452 g/mol. The van der Waals surface area contributed by atoms with Crippen LogP contribution < -0.4 is 4.74 Å². The Labute approximate surface area is 166 Å². The molecule has 0 saturated carbocycles. The number of rotatable bonds is 3. The first kappa shape index (κ1) is 18.8. The number of halogens is 4. The molecule has 1 aliphatic heterocycles. The van der Waals surface area contributed by atoms with Crippen LogP contribution in [0.5, 0.6) is 11.5 Å². The zero-order valence-electron chi connectivity index (χ0n) is 14.4. The molecule has 1 atom stereocenters. The molecule has 1 aromatic heterocycles. The van der Waals surface area contributed by atoms with Gasteiger partial charge in [0.2, 0.25) is 5.82 Å². The molecule has 0 radical (unpaired) electrons. The molecule has 1 fully saturated rings. The molecule has 2 aromatic carbocycles. The Morgan fingerprint density at radius 1 is 1.21 bits per heavy atom. The van der Waals surface area contributed by atoms with Crippen molar-refractivity contribution < 1.29 is 22.6 Å². The van der Waals surface area contributed by atoms with Gasteiger partial charge in [0.1, 0.15) is 11.6 Å². The van der Waals surface area contributed by atoms with Crippen LogP contribution in [0.1, 0.15) is 31.1 Å². The van der Waals surface area contributed by atoms with Crippen molar-refractivity contribution >= 4 is 26.8 Å². The van der Waals surface area contributed by atoms with E-state index in [1.165, 1.54) is 29.1 Å². The van der Waals surface area contributed by atoms with Gasteiger partial charge in [-0.3, -0.25) is 0 Å². The first-order chi connectivity index (χ1) is 13.5. The molecule has 0 bridgehead atoms. The molecule has 1 saturated heterocycles. The van der Waals surface area contributed by atoms with E-state index in [2.05, 4.69) is 21.0 Å². The molecule has 0 spiro atoms. The molecule has 9 heteroatoms. The Morgan fingerprint density at radius 2 is 2.04 bits per heavy atom. The van der Waals surface area contributed by atoms with Crippen LogP contribution in [-0.2, 0) is 4.74 Å². The van der Waals surface area contributed by atoms with Crippen molar-refractivity contribution in [2.45, 2.75) is 25.5 Å². The monoisotopic (exact) mass is 451 g/mol. The molecular weight excluding hydrogens is 439 g/mol. The summed E-state index contributed by atoms with van der Waals surface area (Å²) in [5.74, 6) is -4.33. The molecule has 0 N–H and O–H groups in total. The minimum absolute atomic E-state index is 0.0603. The molecular formula is C19H13BrF3N3O2. The molecule has 28 heavy (non-hydrogen) atoms. The Morgan fingerprint density at radius 3 is 2.75 bits per heavy atom. The third kappa shape index (κ3) is 3.02. The third-order valence-electron chi connectivity index (χ3n) is 4.56. The van der Waals surface area contributed by atoms with E-state index in [4.69, 9.17) is 14.7 Å². The zero-order chi connectivity index (χ0) is 19.8. The predicted molar refractivity (Wildman–Crippen MR) is 97.4 cm³/mol. The van der Waals surface area contributed by atoms with E-state index in [0.29, 0.717) is 13.0 Å². The molecule has 0 aliphatic carbocycles. The molecule has 144 valence electrons. The predicted octanol–water partition coefficient (Wildman–Crippen LogP) is 5.58. The minimum Gasteiger partial charge on any atom is -0.450 e. The maximum atomic E-state index is 14.9. The Hall–Kier alpha value is -2.57. The van der Waals surface area contributed by atoms with Crippen LogP contribution in [-0.4, -0.2) is 16.4 Å². The SMILES string of the molecule is N#Cc1cccc(Oc2c(F)c(F)c3c(cnn3C3CCCCO3)c2Br)c1F. The van der Waals surface area contributed by atoms with Crippen molar-refractivity contribution in [1.29, 1.82) is 5.26 Å². The third-order valence-corrected chi connectivity index (χ3v) is 5.34.